The van der Waals surface area contributed by atoms with Gasteiger partial charge in [0.2, 0.25) is 0 Å². The summed E-state index contributed by atoms with van der Waals surface area (Å²) in [6.45, 7) is 0.367. The molecule has 0 fully saturated rings. The molecule has 0 unspecified atom stereocenters. The number of carbonyl (C=O) groups excluding carboxylic acids is 1. The molecule has 0 radical (unpaired) electrons. The zero-order chi connectivity index (χ0) is 15.0. The number of halogens is 2. The summed E-state index contributed by atoms with van der Waals surface area (Å²) in [5, 5.41) is 6.12. The number of para-hydroxylation sites is 1. The van der Waals surface area contributed by atoms with Crippen molar-refractivity contribution in [1.29, 1.82) is 0 Å². The van der Waals surface area contributed by atoms with Crippen LogP contribution in [0.4, 0.5) is 0 Å². The van der Waals surface area contributed by atoms with Crippen LogP contribution in [0.25, 0.3) is 10.9 Å². The van der Waals surface area contributed by atoms with Gasteiger partial charge in [0.15, 0.2) is 5.69 Å². The molecule has 4 nitrogen and oxygen atoms in total. The number of primary amides is 1. The molecule has 1 heterocycles. The molecular weight excluding hydrogens is 309 g/mol. The van der Waals surface area contributed by atoms with Crippen molar-refractivity contribution in [3.63, 3.8) is 0 Å². The van der Waals surface area contributed by atoms with Crippen LogP contribution < -0.4 is 5.73 Å². The maximum absolute atomic E-state index is 11.5. The van der Waals surface area contributed by atoms with E-state index in [0.29, 0.717) is 22.0 Å². The third-order valence-electron chi connectivity index (χ3n) is 3.26. The molecule has 21 heavy (non-hydrogen) atoms. The number of fused-ring (bicyclic) bond motifs is 1. The first-order valence-electron chi connectivity index (χ1n) is 6.26. The SMILES string of the molecule is NC(=O)c1nn(Cc2c(Cl)cccc2Cl)c2ccccc12. The number of hydrogen-bond donors (Lipinski definition) is 1. The molecule has 0 spiro atoms. The molecule has 0 aliphatic carbocycles. The van der Waals surface area contributed by atoms with Crippen LogP contribution in [0.5, 0.6) is 0 Å². The van der Waals surface area contributed by atoms with E-state index in [2.05, 4.69) is 5.10 Å². The van der Waals surface area contributed by atoms with E-state index in [9.17, 15) is 4.79 Å². The molecule has 0 saturated heterocycles. The Balaban J connectivity index is 2.15. The van der Waals surface area contributed by atoms with Gasteiger partial charge in [-0.2, -0.15) is 5.10 Å². The van der Waals surface area contributed by atoms with E-state index in [1.54, 1.807) is 22.9 Å². The van der Waals surface area contributed by atoms with Crippen LogP contribution in [0, 0.1) is 0 Å². The van der Waals surface area contributed by atoms with Crippen LogP contribution in [0.2, 0.25) is 10.0 Å². The van der Waals surface area contributed by atoms with Crippen molar-refractivity contribution in [3.8, 4) is 0 Å². The molecule has 0 aliphatic heterocycles. The molecule has 1 amide bonds. The Morgan fingerprint density at radius 2 is 1.76 bits per heavy atom. The summed E-state index contributed by atoms with van der Waals surface area (Å²) < 4.78 is 1.68. The lowest BCUT2D eigenvalue weighted by Gasteiger charge is -2.08. The van der Waals surface area contributed by atoms with Gasteiger partial charge < -0.3 is 5.73 Å². The average molecular weight is 320 g/mol. The summed E-state index contributed by atoms with van der Waals surface area (Å²) in [5.74, 6) is -0.560. The molecule has 0 bridgehead atoms. The molecule has 3 rings (SSSR count). The number of nitrogens with two attached hydrogens (primary N) is 1. The minimum atomic E-state index is -0.560. The van der Waals surface area contributed by atoms with Gasteiger partial charge in [-0.1, -0.05) is 47.5 Å². The minimum Gasteiger partial charge on any atom is -0.364 e. The summed E-state index contributed by atoms with van der Waals surface area (Å²) in [6.07, 6.45) is 0. The average Bonchev–Trinajstić information content (AvgIpc) is 2.82. The number of hydrogen-bond acceptors (Lipinski definition) is 2. The first-order chi connectivity index (χ1) is 10.1. The number of amides is 1. The monoisotopic (exact) mass is 319 g/mol. The third-order valence-corrected chi connectivity index (χ3v) is 3.97. The number of rotatable bonds is 3. The molecular formula is C15H11Cl2N3O. The molecule has 3 aromatic rings. The van der Waals surface area contributed by atoms with E-state index in [-0.39, 0.29) is 5.69 Å². The van der Waals surface area contributed by atoms with Gasteiger partial charge >= 0.3 is 0 Å². The van der Waals surface area contributed by atoms with E-state index in [1.165, 1.54) is 0 Å². The fraction of sp³-hybridized carbons (Fsp3) is 0.0667. The van der Waals surface area contributed by atoms with Crippen LogP contribution in [-0.2, 0) is 6.54 Å². The van der Waals surface area contributed by atoms with Gasteiger partial charge in [0.1, 0.15) is 0 Å². The molecule has 0 atom stereocenters. The van der Waals surface area contributed by atoms with Crippen molar-refractivity contribution in [2.24, 2.45) is 5.73 Å². The summed E-state index contributed by atoms with van der Waals surface area (Å²) in [4.78, 5) is 11.5. The second kappa shape index (κ2) is 5.39. The largest absolute Gasteiger partial charge is 0.364 e. The quantitative estimate of drug-likeness (QED) is 0.803. The molecule has 2 aromatic carbocycles. The summed E-state index contributed by atoms with van der Waals surface area (Å²) in [6, 6.07) is 12.7. The van der Waals surface area contributed by atoms with Crippen LogP contribution >= 0.6 is 23.2 Å². The fourth-order valence-corrected chi connectivity index (χ4v) is 2.78. The first kappa shape index (κ1) is 13.9. The lowest BCUT2D eigenvalue weighted by atomic mass is 10.2. The van der Waals surface area contributed by atoms with E-state index in [0.717, 1.165) is 11.1 Å². The molecule has 1 aromatic heterocycles. The Labute approximate surface area is 131 Å². The van der Waals surface area contributed by atoms with Gasteiger partial charge in [0.05, 0.1) is 12.1 Å². The smallest absolute Gasteiger partial charge is 0.269 e. The highest BCUT2D eigenvalue weighted by Gasteiger charge is 2.16. The zero-order valence-electron chi connectivity index (χ0n) is 10.9. The number of nitrogens with zero attached hydrogens (tertiary/aromatic N) is 2. The van der Waals surface area contributed by atoms with E-state index < -0.39 is 5.91 Å². The fourth-order valence-electron chi connectivity index (χ4n) is 2.26. The molecule has 0 saturated carbocycles. The van der Waals surface area contributed by atoms with Gasteiger partial charge in [-0.25, -0.2) is 0 Å². The highest BCUT2D eigenvalue weighted by atomic mass is 35.5. The van der Waals surface area contributed by atoms with Crippen molar-refractivity contribution in [3.05, 3.63) is 63.8 Å². The minimum absolute atomic E-state index is 0.244. The Bertz CT molecular complexity index is 822. The van der Waals surface area contributed by atoms with Crippen molar-refractivity contribution in [2.75, 3.05) is 0 Å². The normalized spacial score (nSPS) is 11.0. The van der Waals surface area contributed by atoms with E-state index in [1.807, 2.05) is 24.3 Å². The highest BCUT2D eigenvalue weighted by Crippen LogP contribution is 2.27. The molecule has 106 valence electrons. The van der Waals surface area contributed by atoms with Gasteiger partial charge in [0, 0.05) is 21.0 Å². The first-order valence-corrected chi connectivity index (χ1v) is 7.02. The standard InChI is InChI=1S/C15H11Cl2N3O/c16-11-5-3-6-12(17)10(11)8-20-13-7-2-1-4-9(13)14(19-20)15(18)21/h1-7H,8H2,(H2,18,21). The summed E-state index contributed by atoms with van der Waals surface area (Å²) in [7, 11) is 0. The van der Waals surface area contributed by atoms with Crippen molar-refractivity contribution >= 4 is 40.0 Å². The van der Waals surface area contributed by atoms with E-state index >= 15 is 0 Å². The third kappa shape index (κ3) is 2.48. The molecule has 2 N–H and O–H groups in total. The number of carbonyl (C=O) groups is 1. The van der Waals surface area contributed by atoms with Gasteiger partial charge in [-0.3, -0.25) is 9.48 Å². The van der Waals surface area contributed by atoms with Gasteiger partial charge in [-0.05, 0) is 18.2 Å². The molecule has 6 heteroatoms. The van der Waals surface area contributed by atoms with Crippen molar-refractivity contribution in [1.82, 2.24) is 9.78 Å². The Morgan fingerprint density at radius 3 is 2.43 bits per heavy atom. The second-order valence-corrected chi connectivity index (χ2v) is 5.40. The Hall–Kier alpha value is -2.04. The number of aromatic nitrogens is 2. The maximum atomic E-state index is 11.5. The van der Waals surface area contributed by atoms with Crippen LogP contribution in [0.1, 0.15) is 16.1 Å². The topological polar surface area (TPSA) is 60.9 Å². The predicted octanol–water partition coefficient (Wildman–Crippen LogP) is 3.49. The Kier molecular flexibility index (Phi) is 3.57. The maximum Gasteiger partial charge on any atom is 0.269 e. The number of benzene rings is 2. The molecule has 0 aliphatic rings. The van der Waals surface area contributed by atoms with Gasteiger partial charge in [0.25, 0.3) is 5.91 Å². The van der Waals surface area contributed by atoms with Gasteiger partial charge in [-0.15, -0.1) is 0 Å². The van der Waals surface area contributed by atoms with Crippen LogP contribution in [0.15, 0.2) is 42.5 Å². The highest BCUT2D eigenvalue weighted by molar-refractivity contribution is 6.36. The predicted molar refractivity (Wildman–Crippen MR) is 83.8 cm³/mol. The summed E-state index contributed by atoms with van der Waals surface area (Å²) in [5.41, 5.74) is 7.19. The lowest BCUT2D eigenvalue weighted by molar-refractivity contribution is 0.0996. The Morgan fingerprint density at radius 1 is 1.10 bits per heavy atom. The summed E-state index contributed by atoms with van der Waals surface area (Å²) >= 11 is 12.4. The van der Waals surface area contributed by atoms with Crippen molar-refractivity contribution < 1.29 is 4.79 Å². The van der Waals surface area contributed by atoms with Crippen LogP contribution in [0.3, 0.4) is 0 Å². The zero-order valence-corrected chi connectivity index (χ0v) is 12.4. The van der Waals surface area contributed by atoms with E-state index in [4.69, 9.17) is 28.9 Å². The van der Waals surface area contributed by atoms with Crippen molar-refractivity contribution in [2.45, 2.75) is 6.54 Å². The second-order valence-electron chi connectivity index (χ2n) is 4.59. The van der Waals surface area contributed by atoms with Crippen LogP contribution in [-0.4, -0.2) is 15.7 Å². The lowest BCUT2D eigenvalue weighted by Crippen LogP contribution is -2.13.